The number of hydrogen-bond acceptors (Lipinski definition) is 23. The van der Waals surface area contributed by atoms with Crippen molar-refractivity contribution in [2.24, 2.45) is 5.92 Å². The minimum Gasteiger partial charge on any atom is -0.463 e. The second kappa shape index (κ2) is 55.2. The van der Waals surface area contributed by atoms with Crippen molar-refractivity contribution in [3.63, 3.8) is 0 Å². The maximum absolute atomic E-state index is 14.4. The lowest BCUT2D eigenvalue weighted by Gasteiger charge is -2.49. The number of allylic oxidation sites excluding steroid dienone is 2. The van der Waals surface area contributed by atoms with Crippen LogP contribution in [-0.4, -0.2) is 204 Å². The quantitative estimate of drug-likeness (QED) is 0.00886. The van der Waals surface area contributed by atoms with Gasteiger partial charge < -0.3 is 89.1 Å². The monoisotopic (exact) mass is 1440 g/mol. The summed E-state index contributed by atoms with van der Waals surface area (Å²) >= 11 is 0. The van der Waals surface area contributed by atoms with Crippen molar-refractivity contribution in [2.75, 3.05) is 26.4 Å². The summed E-state index contributed by atoms with van der Waals surface area (Å²) in [4.78, 5) is 51.1. The fraction of sp³-hybridized carbons (Fsp3) is 0.932. The molecule has 3 fully saturated rings. The number of aliphatic hydroxyl groups is 10. The molecule has 0 spiro atoms. The highest BCUT2D eigenvalue weighted by Gasteiger charge is 2.58. The Labute approximate surface area is 592 Å². The van der Waals surface area contributed by atoms with Crippen LogP contribution >= 0.6 is 7.82 Å². The van der Waals surface area contributed by atoms with E-state index in [0.717, 1.165) is 96.3 Å². The Morgan fingerprint density at radius 3 is 1.20 bits per heavy atom. The van der Waals surface area contributed by atoms with Crippen molar-refractivity contribution in [1.29, 1.82) is 0 Å². The van der Waals surface area contributed by atoms with Gasteiger partial charge in [0.1, 0.15) is 98.7 Å². The fourth-order valence-corrected chi connectivity index (χ4v) is 14.0. The van der Waals surface area contributed by atoms with Crippen LogP contribution < -0.4 is 0 Å². The SMILES string of the molecule is CCCCCCCC/C=C\CCCCCC(=O)OCC(COP(=O)(O)OC1C(OC2OC(CO)C(O)C(O)C2O)C(O)C(O)C(O)C1OC1OC(COC(=O)CCCCCCCCCCCCCCCCC)C(O)C(O)C1O)OC(=O)CCCCCCCCC(C)CCCCCCCC. The van der Waals surface area contributed by atoms with Crippen molar-refractivity contribution >= 4 is 25.7 Å². The van der Waals surface area contributed by atoms with E-state index in [1.165, 1.54) is 141 Å². The van der Waals surface area contributed by atoms with E-state index in [4.69, 9.17) is 42.2 Å². The van der Waals surface area contributed by atoms with E-state index in [-0.39, 0.29) is 19.3 Å². The molecule has 0 radical (unpaired) electrons. The van der Waals surface area contributed by atoms with Crippen molar-refractivity contribution < 1.29 is 117 Å². The van der Waals surface area contributed by atoms with E-state index in [9.17, 15) is 74.9 Å². The zero-order valence-corrected chi connectivity index (χ0v) is 61.8. The Hall–Kier alpha value is -2.30. The van der Waals surface area contributed by atoms with Gasteiger partial charge in [0.05, 0.1) is 13.2 Å². The first-order valence-corrected chi connectivity index (χ1v) is 40.4. The zero-order chi connectivity index (χ0) is 72.6. The number of phosphoric ester groups is 1. The number of rotatable bonds is 60. The van der Waals surface area contributed by atoms with Gasteiger partial charge >= 0.3 is 25.7 Å². The fourth-order valence-electron chi connectivity index (χ4n) is 13.0. The van der Waals surface area contributed by atoms with Gasteiger partial charge in [-0.15, -0.1) is 0 Å². The summed E-state index contributed by atoms with van der Waals surface area (Å²) in [6.45, 7) is 5.76. The first-order valence-electron chi connectivity index (χ1n) is 38.9. The Bertz CT molecular complexity index is 2110. The maximum atomic E-state index is 14.4. The molecule has 24 nitrogen and oxygen atoms in total. The van der Waals surface area contributed by atoms with Gasteiger partial charge in [0.25, 0.3) is 0 Å². The van der Waals surface area contributed by atoms with Gasteiger partial charge in [-0.2, -0.15) is 0 Å². The Kier molecular flexibility index (Phi) is 50.7. The highest BCUT2D eigenvalue weighted by Crippen LogP contribution is 2.49. The molecule has 0 amide bonds. The highest BCUT2D eigenvalue weighted by molar-refractivity contribution is 7.47. The first-order chi connectivity index (χ1) is 47.7. The highest BCUT2D eigenvalue weighted by atomic mass is 31.2. The Morgan fingerprint density at radius 1 is 0.414 bits per heavy atom. The molecule has 19 unspecified atom stereocenters. The molecule has 1 aliphatic carbocycles. The first kappa shape index (κ1) is 90.9. The van der Waals surface area contributed by atoms with Crippen LogP contribution in [0, 0.1) is 5.92 Å². The van der Waals surface area contributed by atoms with Gasteiger partial charge in [-0.3, -0.25) is 23.4 Å². The van der Waals surface area contributed by atoms with E-state index in [2.05, 4.69) is 39.8 Å². The second-order valence-corrected chi connectivity index (χ2v) is 29.8. The van der Waals surface area contributed by atoms with E-state index < -0.39 is 156 Å². The lowest BCUT2D eigenvalue weighted by molar-refractivity contribution is -0.360. The molecule has 3 aliphatic rings. The predicted molar refractivity (Wildman–Crippen MR) is 375 cm³/mol. The number of carbonyl (C=O) groups is 3. The van der Waals surface area contributed by atoms with Crippen LogP contribution in [0.2, 0.25) is 0 Å². The lowest BCUT2D eigenvalue weighted by Crippen LogP contribution is -2.69. The molecule has 0 bridgehead atoms. The molecular formula is C74H137O24P. The normalized spacial score (nSPS) is 27.8. The molecule has 0 aromatic carbocycles. The van der Waals surface area contributed by atoms with E-state index in [1.54, 1.807) is 0 Å². The molecule has 25 heteroatoms. The number of esters is 3. The number of unbranched alkanes of at least 4 members (excludes halogenated alkanes) is 33. The topological polar surface area (TPSA) is 374 Å². The zero-order valence-electron chi connectivity index (χ0n) is 61.0. The van der Waals surface area contributed by atoms with E-state index in [0.29, 0.717) is 25.2 Å². The minimum absolute atomic E-state index is 0.0267. The third-order valence-electron chi connectivity index (χ3n) is 19.4. The maximum Gasteiger partial charge on any atom is 0.472 e. The summed E-state index contributed by atoms with van der Waals surface area (Å²) in [7, 11) is -5.70. The van der Waals surface area contributed by atoms with Crippen molar-refractivity contribution in [2.45, 2.75) is 408 Å². The molecule has 2 aliphatic heterocycles. The lowest BCUT2D eigenvalue weighted by atomic mass is 9.84. The number of aliphatic hydroxyl groups excluding tert-OH is 10. The summed E-state index contributed by atoms with van der Waals surface area (Å²) in [5.74, 6) is -1.32. The van der Waals surface area contributed by atoms with Crippen LogP contribution in [0.4, 0.5) is 0 Å². The van der Waals surface area contributed by atoms with Crippen LogP contribution in [0.15, 0.2) is 12.2 Å². The van der Waals surface area contributed by atoms with Crippen molar-refractivity contribution in [3.05, 3.63) is 12.2 Å². The molecule has 2 heterocycles. The molecule has 0 aromatic heterocycles. The van der Waals surface area contributed by atoms with Crippen LogP contribution in [0.1, 0.15) is 304 Å². The summed E-state index contributed by atoms with van der Waals surface area (Å²) < 4.78 is 65.1. The minimum atomic E-state index is -5.70. The third-order valence-corrected chi connectivity index (χ3v) is 20.4. The van der Waals surface area contributed by atoms with E-state index in [1.807, 2.05) is 0 Å². The van der Waals surface area contributed by atoms with Gasteiger partial charge in [0, 0.05) is 19.3 Å². The van der Waals surface area contributed by atoms with Crippen LogP contribution in [0.3, 0.4) is 0 Å². The molecule has 3 rings (SSSR count). The van der Waals surface area contributed by atoms with Crippen LogP contribution in [0.5, 0.6) is 0 Å². The van der Waals surface area contributed by atoms with Crippen LogP contribution in [-0.2, 0) is 61.2 Å². The molecule has 582 valence electrons. The number of hydrogen-bond donors (Lipinski definition) is 11. The number of ether oxygens (including phenoxy) is 7. The molecule has 2 saturated heterocycles. The van der Waals surface area contributed by atoms with E-state index >= 15 is 0 Å². The molecule has 1 saturated carbocycles. The third kappa shape index (κ3) is 38.5. The number of phosphoric acid groups is 1. The van der Waals surface area contributed by atoms with Gasteiger partial charge in [-0.05, 0) is 50.9 Å². The predicted octanol–water partition coefficient (Wildman–Crippen LogP) is 11.0. The summed E-state index contributed by atoms with van der Waals surface area (Å²) in [6, 6.07) is 0. The van der Waals surface area contributed by atoms with Gasteiger partial charge in [0.15, 0.2) is 18.7 Å². The second-order valence-electron chi connectivity index (χ2n) is 28.3. The smallest absolute Gasteiger partial charge is 0.463 e. The van der Waals surface area contributed by atoms with Gasteiger partial charge in [-0.25, -0.2) is 4.57 Å². The summed E-state index contributed by atoms with van der Waals surface area (Å²) in [6.07, 6.45) is 12.8. The van der Waals surface area contributed by atoms with Crippen molar-refractivity contribution in [3.8, 4) is 0 Å². The number of carbonyl (C=O) groups excluding carboxylic acids is 3. The average molecular weight is 1440 g/mol. The summed E-state index contributed by atoms with van der Waals surface area (Å²) in [5.41, 5.74) is 0. The molecule has 99 heavy (non-hydrogen) atoms. The van der Waals surface area contributed by atoms with Gasteiger partial charge in [-0.1, -0.05) is 252 Å². The standard InChI is InChI=1S/C74H137O24P/c1-5-8-11-14-17-19-21-23-24-26-28-30-32-38-43-48-59(77)91-53-57-62(80)64(82)69(87)74(95-57)97-71-67(85)65(83)66(84)70(96-73-68(86)63(81)61(79)56(50-75)94-73)72(71)98-99(88,89)92-52-55(51-90-58(76)47-42-37-31-29-27-25-22-20-18-15-12-9-6-2)93-60(78)49-44-39-34-33-36-41-46-54(4)45-40-35-16-13-10-7-3/h25,27,54-57,61-75,79-87H,5-24,26,28-53H2,1-4H3,(H,88,89)/b27-25-. The Morgan fingerprint density at radius 2 is 0.768 bits per heavy atom. The molecular weight excluding hydrogens is 1300 g/mol. The largest absolute Gasteiger partial charge is 0.472 e. The molecule has 11 N–H and O–H groups in total. The average Bonchev–Trinajstić information content (AvgIpc) is 0.762. The Balaban J connectivity index is 1.73. The molecule has 0 aromatic rings. The summed E-state index contributed by atoms with van der Waals surface area (Å²) in [5, 5.41) is 110. The van der Waals surface area contributed by atoms with Gasteiger partial charge in [0.2, 0.25) is 0 Å². The van der Waals surface area contributed by atoms with Crippen molar-refractivity contribution in [1.82, 2.24) is 0 Å². The molecule has 19 atom stereocenters. The van der Waals surface area contributed by atoms with Crippen LogP contribution in [0.25, 0.3) is 0 Å².